The molecule has 4 aliphatic rings. The molecule has 4 heteroatoms. The molecule has 17 rings (SSSR count). The molecule has 72 heavy (non-hydrogen) atoms. The normalized spacial score (nSPS) is 14.6. The Morgan fingerprint density at radius 1 is 0.319 bits per heavy atom. The van der Waals surface area contributed by atoms with Crippen LogP contribution in [-0.2, 0) is 10.8 Å². The summed E-state index contributed by atoms with van der Waals surface area (Å²) in [5, 5.41) is 4.74. The lowest BCUT2D eigenvalue weighted by atomic mass is 9.67. The molecule has 13 aromatic rings. The van der Waals surface area contributed by atoms with Crippen molar-refractivity contribution in [3.63, 3.8) is 0 Å². The lowest BCUT2D eigenvalue weighted by molar-refractivity contribution is 0.669. The number of nitrogens with zero attached hydrogens (tertiary/aromatic N) is 1. The van der Waals surface area contributed by atoms with E-state index in [-0.39, 0.29) is 0 Å². The Morgan fingerprint density at radius 3 is 1.49 bits per heavy atom. The third-order valence-electron chi connectivity index (χ3n) is 16.5. The molecule has 0 amide bonds. The molecule has 3 heterocycles. The Kier molecular flexibility index (Phi) is 7.72. The van der Waals surface area contributed by atoms with E-state index in [4.69, 9.17) is 4.42 Å². The summed E-state index contributed by atoms with van der Waals surface area (Å²) in [5.41, 5.74) is 22.8. The standard InChI is InChI=1S/C68H39NOS2/c1-6-21-51-42(16-1)43-17-2-7-22-52(43)67(51)53-23-8-3-18-44(53)46-34-32-41(37-57(46)67)69(40-33-35-61-49(36-40)47-20-5-12-28-60(47)70-61)59-27-15-31-64-66(59)50-38-48-45-19-4-9-24-54(45)68(58(48)39-65(50)72-64)55-25-10-13-29-62(55)71-63-30-14-11-26-56(63)68/h1-39H. The number of hydrogen-bond donors (Lipinski definition) is 0. The second-order valence-corrected chi connectivity index (χ2v) is 21.9. The average molecular weight is 950 g/mol. The van der Waals surface area contributed by atoms with Crippen LogP contribution in [0.2, 0.25) is 0 Å². The lowest BCUT2D eigenvalue weighted by Gasteiger charge is -2.39. The zero-order chi connectivity index (χ0) is 46.9. The van der Waals surface area contributed by atoms with Gasteiger partial charge in [0, 0.05) is 52.1 Å². The number of para-hydroxylation sites is 1. The van der Waals surface area contributed by atoms with E-state index in [0.717, 1.165) is 39.0 Å². The van der Waals surface area contributed by atoms with Crippen molar-refractivity contribution in [2.45, 2.75) is 20.6 Å². The van der Waals surface area contributed by atoms with Crippen LogP contribution in [0.1, 0.15) is 44.5 Å². The molecule has 0 atom stereocenters. The van der Waals surface area contributed by atoms with Crippen molar-refractivity contribution in [1.82, 2.24) is 0 Å². The van der Waals surface area contributed by atoms with Gasteiger partial charge >= 0.3 is 0 Å². The van der Waals surface area contributed by atoms with Crippen molar-refractivity contribution in [1.29, 1.82) is 0 Å². The number of thiophene rings is 1. The van der Waals surface area contributed by atoms with E-state index in [1.54, 1.807) is 0 Å². The number of hydrogen-bond acceptors (Lipinski definition) is 4. The Balaban J connectivity index is 0.953. The van der Waals surface area contributed by atoms with E-state index in [9.17, 15) is 0 Å². The first-order valence-electron chi connectivity index (χ1n) is 24.8. The van der Waals surface area contributed by atoms with E-state index in [1.807, 2.05) is 23.1 Å². The van der Waals surface area contributed by atoms with Crippen molar-refractivity contribution in [3.8, 4) is 33.4 Å². The molecule has 0 saturated heterocycles. The highest BCUT2D eigenvalue weighted by molar-refractivity contribution is 7.99. The Bertz CT molecular complexity index is 4420. The first kappa shape index (κ1) is 39.3. The minimum absolute atomic E-state index is 0.443. The molecule has 0 radical (unpaired) electrons. The maximum Gasteiger partial charge on any atom is 0.135 e. The van der Waals surface area contributed by atoms with Gasteiger partial charge in [-0.15, -0.1) is 11.3 Å². The molecule has 2 nitrogen and oxygen atoms in total. The molecule has 0 saturated carbocycles. The molecular weight excluding hydrogens is 911 g/mol. The minimum Gasteiger partial charge on any atom is -0.456 e. The van der Waals surface area contributed by atoms with Crippen LogP contribution in [-0.4, -0.2) is 0 Å². The fourth-order valence-electron chi connectivity index (χ4n) is 13.8. The van der Waals surface area contributed by atoms with Gasteiger partial charge in [-0.2, -0.15) is 0 Å². The zero-order valence-electron chi connectivity index (χ0n) is 38.7. The summed E-state index contributed by atoms with van der Waals surface area (Å²) in [5.74, 6) is 0. The second kappa shape index (κ2) is 14.1. The van der Waals surface area contributed by atoms with Crippen LogP contribution in [0, 0.1) is 0 Å². The topological polar surface area (TPSA) is 16.4 Å². The third kappa shape index (κ3) is 4.82. The van der Waals surface area contributed by atoms with Gasteiger partial charge in [-0.05, 0) is 151 Å². The van der Waals surface area contributed by atoms with Gasteiger partial charge in [0.15, 0.2) is 0 Å². The van der Waals surface area contributed by atoms with E-state index in [1.165, 1.54) is 108 Å². The van der Waals surface area contributed by atoms with Gasteiger partial charge < -0.3 is 9.32 Å². The summed E-state index contributed by atoms with van der Waals surface area (Å²) in [6.07, 6.45) is 0. The molecule has 3 aliphatic carbocycles. The van der Waals surface area contributed by atoms with Gasteiger partial charge in [0.25, 0.3) is 0 Å². The highest BCUT2D eigenvalue weighted by atomic mass is 32.2. The van der Waals surface area contributed by atoms with E-state index < -0.39 is 10.8 Å². The molecule has 11 aromatic carbocycles. The largest absolute Gasteiger partial charge is 0.456 e. The molecular formula is C68H39NOS2. The highest BCUT2D eigenvalue weighted by Crippen LogP contribution is 2.65. The zero-order valence-corrected chi connectivity index (χ0v) is 40.3. The summed E-state index contributed by atoms with van der Waals surface area (Å²) in [6.45, 7) is 0. The first-order valence-corrected chi connectivity index (χ1v) is 26.4. The monoisotopic (exact) mass is 949 g/mol. The Labute approximate surface area is 424 Å². The fourth-order valence-corrected chi connectivity index (χ4v) is 16.2. The third-order valence-corrected chi connectivity index (χ3v) is 18.8. The summed E-state index contributed by atoms with van der Waals surface area (Å²) in [7, 11) is 0. The summed E-state index contributed by atoms with van der Waals surface area (Å²) < 4.78 is 9.03. The van der Waals surface area contributed by atoms with Gasteiger partial charge in [0.05, 0.1) is 16.5 Å². The molecule has 334 valence electrons. The molecule has 0 fully saturated rings. The number of furan rings is 1. The Morgan fingerprint density at radius 2 is 0.819 bits per heavy atom. The van der Waals surface area contributed by atoms with Crippen LogP contribution in [0.4, 0.5) is 17.1 Å². The molecule has 2 spiro atoms. The minimum atomic E-state index is -0.481. The molecule has 0 N–H and O–H groups in total. The van der Waals surface area contributed by atoms with Crippen LogP contribution >= 0.6 is 23.1 Å². The molecule has 2 aromatic heterocycles. The average Bonchev–Trinajstić information content (AvgIpc) is 4.22. The summed E-state index contributed by atoms with van der Waals surface area (Å²) in [4.78, 5) is 5.17. The Hall–Kier alpha value is -8.41. The van der Waals surface area contributed by atoms with Gasteiger partial charge in [-0.25, -0.2) is 0 Å². The van der Waals surface area contributed by atoms with Crippen molar-refractivity contribution in [2.75, 3.05) is 4.90 Å². The molecule has 0 unspecified atom stereocenters. The highest BCUT2D eigenvalue weighted by Gasteiger charge is 2.53. The van der Waals surface area contributed by atoms with E-state index in [0.29, 0.717) is 0 Å². The van der Waals surface area contributed by atoms with Crippen LogP contribution in [0.25, 0.3) is 75.5 Å². The van der Waals surface area contributed by atoms with Crippen molar-refractivity contribution < 1.29 is 4.42 Å². The summed E-state index contributed by atoms with van der Waals surface area (Å²) >= 11 is 3.81. The van der Waals surface area contributed by atoms with Crippen LogP contribution in [0.15, 0.2) is 251 Å². The van der Waals surface area contributed by atoms with Gasteiger partial charge in [0.2, 0.25) is 0 Å². The lowest BCUT2D eigenvalue weighted by Crippen LogP contribution is -2.31. The van der Waals surface area contributed by atoms with Crippen molar-refractivity contribution in [2.24, 2.45) is 0 Å². The second-order valence-electron chi connectivity index (χ2n) is 19.8. The first-order chi connectivity index (χ1) is 35.7. The number of anilines is 3. The number of fused-ring (bicyclic) bond motifs is 25. The summed E-state index contributed by atoms with van der Waals surface area (Å²) in [6, 6.07) is 89.2. The van der Waals surface area contributed by atoms with Gasteiger partial charge in [0.1, 0.15) is 11.2 Å². The fraction of sp³-hybridized carbons (Fsp3) is 0.0294. The van der Waals surface area contributed by atoms with Crippen molar-refractivity contribution >= 4 is 82.3 Å². The smallest absolute Gasteiger partial charge is 0.135 e. The quantitative estimate of drug-likeness (QED) is 0.176. The number of rotatable bonds is 3. The molecule has 0 bridgehead atoms. The maximum absolute atomic E-state index is 6.48. The maximum atomic E-state index is 6.48. The predicted molar refractivity (Wildman–Crippen MR) is 299 cm³/mol. The number of benzene rings is 11. The van der Waals surface area contributed by atoms with E-state index >= 15 is 0 Å². The molecule has 1 aliphatic heterocycles. The van der Waals surface area contributed by atoms with Gasteiger partial charge in [-0.1, -0.05) is 176 Å². The van der Waals surface area contributed by atoms with Gasteiger partial charge in [-0.3, -0.25) is 0 Å². The van der Waals surface area contributed by atoms with E-state index in [2.05, 4.69) is 241 Å². The van der Waals surface area contributed by atoms with Crippen LogP contribution in [0.5, 0.6) is 0 Å². The SMILES string of the molecule is c1ccc2c(c1)Sc1ccccc1C21c2ccccc2-c2cc3c(cc21)sc1cccc(N(c2ccc4c(c2)C2(c5ccccc5-c5ccccc52)c2ccccc2-4)c2ccc4oc5ccccc5c4c2)c13. The van der Waals surface area contributed by atoms with Crippen LogP contribution < -0.4 is 4.90 Å². The van der Waals surface area contributed by atoms with Crippen LogP contribution in [0.3, 0.4) is 0 Å². The predicted octanol–water partition coefficient (Wildman–Crippen LogP) is 18.6. The van der Waals surface area contributed by atoms with Crippen molar-refractivity contribution in [3.05, 3.63) is 281 Å².